The molecular formula is C13H5IrN4-. The van der Waals surface area contributed by atoms with Gasteiger partial charge >= 0.3 is 0 Å². The van der Waals surface area contributed by atoms with Crippen molar-refractivity contribution in [1.29, 1.82) is 5.26 Å². The Bertz CT molecular complexity index is 820. The van der Waals surface area contributed by atoms with Crippen molar-refractivity contribution in [3.63, 3.8) is 0 Å². The van der Waals surface area contributed by atoms with Crippen LogP contribution in [-0.2, 0) is 20.1 Å². The van der Waals surface area contributed by atoms with E-state index >= 15 is 0 Å². The fraction of sp³-hybridized carbons (Fsp3) is 0. The van der Waals surface area contributed by atoms with E-state index in [4.69, 9.17) is 11.8 Å². The molecule has 2 aromatic heterocycles. The summed E-state index contributed by atoms with van der Waals surface area (Å²) in [4.78, 5) is 7.67. The summed E-state index contributed by atoms with van der Waals surface area (Å²) in [5, 5.41) is 10.5. The second-order valence-electron chi connectivity index (χ2n) is 3.57. The van der Waals surface area contributed by atoms with Crippen LogP contribution in [0.5, 0.6) is 0 Å². The Morgan fingerprint density at radius 3 is 3.00 bits per heavy atom. The normalized spacial score (nSPS) is 9.67. The SMILES string of the molecule is [C-]#[N+]c1cc2cc(C#N)c[c-]c2c2nccn12.[Ir]. The maximum Gasteiger partial charge on any atom is 0.219 e. The molecule has 0 aliphatic carbocycles. The Kier molecular flexibility index (Phi) is 3.12. The molecule has 0 unspecified atom stereocenters. The molecule has 4 nitrogen and oxygen atoms in total. The van der Waals surface area contributed by atoms with E-state index in [1.165, 1.54) is 0 Å². The van der Waals surface area contributed by atoms with Crippen molar-refractivity contribution in [3.8, 4) is 6.07 Å². The maximum absolute atomic E-state index is 8.85. The van der Waals surface area contributed by atoms with Crippen LogP contribution in [0.4, 0.5) is 5.82 Å². The predicted octanol–water partition coefficient (Wildman–Crippen LogP) is 2.71. The van der Waals surface area contributed by atoms with Gasteiger partial charge in [0.05, 0.1) is 12.4 Å². The van der Waals surface area contributed by atoms with Crippen LogP contribution in [0.3, 0.4) is 0 Å². The first-order valence-electron chi connectivity index (χ1n) is 4.92. The van der Waals surface area contributed by atoms with Gasteiger partial charge in [0.2, 0.25) is 5.82 Å². The summed E-state index contributed by atoms with van der Waals surface area (Å²) in [5.41, 5.74) is 1.22. The molecule has 0 fully saturated rings. The Morgan fingerprint density at radius 1 is 1.44 bits per heavy atom. The van der Waals surface area contributed by atoms with E-state index in [1.54, 1.807) is 35.0 Å². The standard InChI is InChI=1S/C13H5N4.Ir/c1-15-12-7-10-6-9(8-14)2-3-11(10)13-16-4-5-17(12)13;/h2,4-7H;/q-1;. The van der Waals surface area contributed by atoms with E-state index in [0.717, 1.165) is 10.8 Å². The van der Waals surface area contributed by atoms with Crippen LogP contribution in [0, 0.1) is 24.0 Å². The monoisotopic (exact) mass is 410 g/mol. The summed E-state index contributed by atoms with van der Waals surface area (Å²) < 4.78 is 1.72. The largest absolute Gasteiger partial charge is 0.365 e. The van der Waals surface area contributed by atoms with Crippen LogP contribution in [-0.4, -0.2) is 9.38 Å². The fourth-order valence-corrected chi connectivity index (χ4v) is 1.85. The van der Waals surface area contributed by atoms with Crippen LogP contribution < -0.4 is 0 Å². The van der Waals surface area contributed by atoms with Crippen molar-refractivity contribution in [1.82, 2.24) is 9.38 Å². The minimum absolute atomic E-state index is 0. The van der Waals surface area contributed by atoms with Crippen LogP contribution in [0.2, 0.25) is 0 Å². The van der Waals surface area contributed by atoms with Gasteiger partial charge in [0, 0.05) is 26.2 Å². The van der Waals surface area contributed by atoms with E-state index in [1.807, 2.05) is 0 Å². The van der Waals surface area contributed by atoms with Crippen molar-refractivity contribution in [2.75, 3.05) is 0 Å². The van der Waals surface area contributed by atoms with Gasteiger partial charge in [0.15, 0.2) is 0 Å². The molecule has 0 atom stereocenters. The molecule has 87 valence electrons. The maximum atomic E-state index is 8.85. The molecule has 1 radical (unpaired) electrons. The van der Waals surface area contributed by atoms with E-state index in [2.05, 4.69) is 22.0 Å². The first-order valence-corrected chi connectivity index (χ1v) is 4.92. The molecule has 1 aromatic carbocycles. The van der Waals surface area contributed by atoms with Crippen LogP contribution >= 0.6 is 0 Å². The van der Waals surface area contributed by atoms with Crippen LogP contribution in [0.25, 0.3) is 21.3 Å². The summed E-state index contributed by atoms with van der Waals surface area (Å²) in [7, 11) is 0. The zero-order chi connectivity index (χ0) is 11.8. The molecular weight excluding hydrogens is 404 g/mol. The number of pyridine rings is 1. The topological polar surface area (TPSA) is 45.5 Å². The smallest absolute Gasteiger partial charge is 0.219 e. The van der Waals surface area contributed by atoms with Gasteiger partial charge in [-0.05, 0) is 5.56 Å². The minimum atomic E-state index is 0. The third-order valence-corrected chi connectivity index (χ3v) is 2.61. The number of benzene rings is 1. The Hall–Kier alpha value is -2.20. The Morgan fingerprint density at radius 2 is 2.28 bits per heavy atom. The van der Waals surface area contributed by atoms with Gasteiger partial charge in [0.1, 0.15) is 5.65 Å². The van der Waals surface area contributed by atoms with Crippen molar-refractivity contribution in [3.05, 3.63) is 53.6 Å². The third-order valence-electron chi connectivity index (χ3n) is 2.61. The predicted molar refractivity (Wildman–Crippen MR) is 62.5 cm³/mol. The second-order valence-corrected chi connectivity index (χ2v) is 3.57. The summed E-state index contributed by atoms with van der Waals surface area (Å²) in [6.45, 7) is 7.14. The van der Waals surface area contributed by atoms with Crippen molar-refractivity contribution in [2.45, 2.75) is 0 Å². The van der Waals surface area contributed by atoms with Crippen molar-refractivity contribution >= 4 is 22.2 Å². The minimum Gasteiger partial charge on any atom is -0.365 e. The Labute approximate surface area is 117 Å². The molecule has 0 N–H and O–H groups in total. The fourth-order valence-electron chi connectivity index (χ4n) is 1.85. The quantitative estimate of drug-likeness (QED) is 0.536. The number of imidazole rings is 1. The number of hydrogen-bond donors (Lipinski definition) is 0. The molecule has 3 aromatic rings. The number of aromatic nitrogens is 2. The molecule has 0 bridgehead atoms. The van der Waals surface area contributed by atoms with Gasteiger partial charge in [-0.2, -0.15) is 0 Å². The van der Waals surface area contributed by atoms with Gasteiger partial charge in [-0.1, -0.05) is 18.0 Å². The summed E-state index contributed by atoms with van der Waals surface area (Å²) >= 11 is 0. The summed E-state index contributed by atoms with van der Waals surface area (Å²) in [5.74, 6) is 0.480. The van der Waals surface area contributed by atoms with E-state index in [0.29, 0.717) is 17.0 Å². The van der Waals surface area contributed by atoms with E-state index in [-0.39, 0.29) is 20.1 Å². The van der Waals surface area contributed by atoms with Gasteiger partial charge in [-0.25, -0.2) is 5.26 Å². The number of nitriles is 1. The molecule has 0 saturated heterocycles. The van der Waals surface area contributed by atoms with E-state index < -0.39 is 0 Å². The van der Waals surface area contributed by atoms with Crippen molar-refractivity contribution < 1.29 is 20.1 Å². The van der Waals surface area contributed by atoms with Crippen LogP contribution in [0.1, 0.15) is 5.56 Å². The molecule has 2 heterocycles. The molecule has 0 aliphatic heterocycles. The molecule has 0 spiro atoms. The first kappa shape index (κ1) is 12.3. The van der Waals surface area contributed by atoms with Gasteiger partial charge in [0.25, 0.3) is 0 Å². The molecule has 0 aliphatic rings. The number of rotatable bonds is 0. The molecule has 0 saturated carbocycles. The second kappa shape index (κ2) is 4.58. The molecule has 3 rings (SSSR count). The molecule has 5 heteroatoms. The number of nitrogens with zero attached hydrogens (tertiary/aromatic N) is 4. The first-order chi connectivity index (χ1) is 8.33. The van der Waals surface area contributed by atoms with Gasteiger partial charge in [-0.3, -0.25) is 9.38 Å². The molecule has 0 amide bonds. The van der Waals surface area contributed by atoms with Crippen molar-refractivity contribution in [2.24, 2.45) is 0 Å². The molecule has 18 heavy (non-hydrogen) atoms. The number of fused-ring (bicyclic) bond motifs is 3. The summed E-state index contributed by atoms with van der Waals surface area (Å²) in [6, 6.07) is 10.2. The zero-order valence-corrected chi connectivity index (χ0v) is 11.4. The van der Waals surface area contributed by atoms with E-state index in [9.17, 15) is 0 Å². The zero-order valence-electron chi connectivity index (χ0n) is 9.01. The average Bonchev–Trinajstić information content (AvgIpc) is 2.86. The van der Waals surface area contributed by atoms with Crippen LogP contribution in [0.15, 0.2) is 30.6 Å². The average molecular weight is 409 g/mol. The third kappa shape index (κ3) is 1.67. The summed E-state index contributed by atoms with van der Waals surface area (Å²) in [6.07, 6.45) is 3.39. The van der Waals surface area contributed by atoms with Gasteiger partial charge in [-0.15, -0.1) is 23.6 Å². The Balaban J connectivity index is 0.00000120. The number of hydrogen-bond acceptors (Lipinski definition) is 2. The van der Waals surface area contributed by atoms with Gasteiger partial charge < -0.3 is 4.85 Å².